The summed E-state index contributed by atoms with van der Waals surface area (Å²) in [5, 5.41) is 3.07. The van der Waals surface area contributed by atoms with E-state index in [1.165, 1.54) is 12.7 Å². The van der Waals surface area contributed by atoms with Crippen LogP contribution in [0.4, 0.5) is 5.95 Å². The summed E-state index contributed by atoms with van der Waals surface area (Å²) >= 11 is 0. The molecule has 3 aromatic rings. The number of anilines is 1. The van der Waals surface area contributed by atoms with Gasteiger partial charge in [0.1, 0.15) is 0 Å². The number of nitrogens with zero attached hydrogens (tertiary/aromatic N) is 3. The number of nitrogens with one attached hydrogen (secondary N) is 1. The first-order valence-electron chi connectivity index (χ1n) is 8.32. The number of carbonyl (C=O) groups is 1. The zero-order valence-electron chi connectivity index (χ0n) is 14.8. The SMILES string of the molecule is COC(=O)CCNc1ncc(-c2ccncc2)c(-c2ccc(C)cc2)n1. The minimum atomic E-state index is -0.273. The van der Waals surface area contributed by atoms with Crippen LogP contribution in [0.1, 0.15) is 12.0 Å². The molecule has 0 radical (unpaired) electrons. The van der Waals surface area contributed by atoms with Crippen LogP contribution in [0, 0.1) is 6.92 Å². The molecule has 0 aliphatic rings. The van der Waals surface area contributed by atoms with Crippen LogP contribution < -0.4 is 5.32 Å². The van der Waals surface area contributed by atoms with Crippen molar-refractivity contribution < 1.29 is 9.53 Å². The third kappa shape index (κ3) is 4.22. The Morgan fingerprint density at radius 2 is 1.81 bits per heavy atom. The lowest BCUT2D eigenvalue weighted by molar-refractivity contribution is -0.140. The Balaban J connectivity index is 1.95. The first-order chi connectivity index (χ1) is 12.7. The van der Waals surface area contributed by atoms with E-state index in [1.54, 1.807) is 18.6 Å². The molecule has 6 nitrogen and oxygen atoms in total. The van der Waals surface area contributed by atoms with Crippen LogP contribution in [-0.4, -0.2) is 34.6 Å². The highest BCUT2D eigenvalue weighted by atomic mass is 16.5. The summed E-state index contributed by atoms with van der Waals surface area (Å²) in [6, 6.07) is 12.1. The zero-order valence-corrected chi connectivity index (χ0v) is 14.8. The number of pyridine rings is 1. The minimum absolute atomic E-state index is 0.256. The van der Waals surface area contributed by atoms with Gasteiger partial charge in [0.05, 0.1) is 19.2 Å². The van der Waals surface area contributed by atoms with Gasteiger partial charge in [0.25, 0.3) is 0 Å². The number of aromatic nitrogens is 3. The summed E-state index contributed by atoms with van der Waals surface area (Å²) < 4.78 is 4.64. The second-order valence-electron chi connectivity index (χ2n) is 5.81. The molecule has 0 aliphatic heterocycles. The minimum Gasteiger partial charge on any atom is -0.469 e. The first-order valence-corrected chi connectivity index (χ1v) is 8.32. The lowest BCUT2D eigenvalue weighted by Crippen LogP contribution is -2.11. The highest BCUT2D eigenvalue weighted by molar-refractivity contribution is 5.80. The van der Waals surface area contributed by atoms with Crippen LogP contribution in [0.3, 0.4) is 0 Å². The number of ether oxygens (including phenoxy) is 1. The average Bonchev–Trinajstić information content (AvgIpc) is 2.69. The second-order valence-corrected chi connectivity index (χ2v) is 5.81. The van der Waals surface area contributed by atoms with Crippen molar-refractivity contribution in [2.45, 2.75) is 13.3 Å². The average molecular weight is 348 g/mol. The van der Waals surface area contributed by atoms with Gasteiger partial charge in [0.2, 0.25) is 5.95 Å². The second kappa shape index (κ2) is 8.20. The number of benzene rings is 1. The molecule has 1 N–H and O–H groups in total. The Morgan fingerprint density at radius 3 is 2.50 bits per heavy atom. The number of carbonyl (C=O) groups excluding carboxylic acids is 1. The van der Waals surface area contributed by atoms with E-state index in [1.807, 2.05) is 31.2 Å². The van der Waals surface area contributed by atoms with Crippen molar-refractivity contribution >= 4 is 11.9 Å². The maximum absolute atomic E-state index is 11.3. The van der Waals surface area contributed by atoms with Crippen LogP contribution in [0.25, 0.3) is 22.4 Å². The quantitative estimate of drug-likeness (QED) is 0.687. The predicted octanol–water partition coefficient (Wildman–Crippen LogP) is 3.49. The van der Waals surface area contributed by atoms with Crippen LogP contribution in [0.2, 0.25) is 0 Å². The number of hydrogen-bond acceptors (Lipinski definition) is 6. The molecule has 6 heteroatoms. The Kier molecular flexibility index (Phi) is 5.53. The standard InChI is InChI=1S/C20H20N4O2/c1-14-3-5-16(6-4-14)19-17(15-7-10-21-11-8-15)13-23-20(24-19)22-12-9-18(25)26-2/h3-8,10-11,13H,9,12H2,1-2H3,(H,22,23,24). The van der Waals surface area contributed by atoms with Crippen LogP contribution in [-0.2, 0) is 9.53 Å². The van der Waals surface area contributed by atoms with E-state index >= 15 is 0 Å². The van der Waals surface area contributed by atoms with E-state index in [9.17, 15) is 4.79 Å². The largest absolute Gasteiger partial charge is 0.469 e. The van der Waals surface area contributed by atoms with Gasteiger partial charge in [0, 0.05) is 36.3 Å². The molecule has 0 spiro atoms. The van der Waals surface area contributed by atoms with Gasteiger partial charge >= 0.3 is 5.97 Å². The Hall–Kier alpha value is -3.28. The lowest BCUT2D eigenvalue weighted by Gasteiger charge is -2.12. The maximum Gasteiger partial charge on any atom is 0.307 e. The first kappa shape index (κ1) is 17.5. The molecule has 0 bridgehead atoms. The molecule has 0 aliphatic carbocycles. The summed E-state index contributed by atoms with van der Waals surface area (Å²) in [5.41, 5.74) is 4.93. The lowest BCUT2D eigenvalue weighted by atomic mass is 10.0. The normalized spacial score (nSPS) is 10.4. The topological polar surface area (TPSA) is 77.0 Å². The van der Waals surface area contributed by atoms with Crippen LogP contribution in [0.15, 0.2) is 55.0 Å². The van der Waals surface area contributed by atoms with Gasteiger partial charge in [-0.1, -0.05) is 29.8 Å². The van der Waals surface area contributed by atoms with Gasteiger partial charge < -0.3 is 10.1 Å². The van der Waals surface area contributed by atoms with Crippen molar-refractivity contribution in [2.24, 2.45) is 0 Å². The number of rotatable bonds is 6. The molecular formula is C20H20N4O2. The maximum atomic E-state index is 11.3. The molecule has 132 valence electrons. The van der Waals surface area contributed by atoms with Crippen molar-refractivity contribution in [2.75, 3.05) is 19.0 Å². The Bertz CT molecular complexity index is 880. The molecule has 0 fully saturated rings. The van der Waals surface area contributed by atoms with E-state index < -0.39 is 0 Å². The molecule has 2 aromatic heterocycles. The van der Waals surface area contributed by atoms with E-state index in [0.29, 0.717) is 12.5 Å². The molecular weight excluding hydrogens is 328 g/mol. The van der Waals surface area contributed by atoms with E-state index in [-0.39, 0.29) is 12.4 Å². The monoisotopic (exact) mass is 348 g/mol. The molecule has 26 heavy (non-hydrogen) atoms. The predicted molar refractivity (Wildman–Crippen MR) is 101 cm³/mol. The molecule has 0 saturated carbocycles. The third-order valence-corrected chi connectivity index (χ3v) is 3.94. The van der Waals surface area contributed by atoms with Crippen LogP contribution >= 0.6 is 0 Å². The Morgan fingerprint density at radius 1 is 1.08 bits per heavy atom. The van der Waals surface area contributed by atoms with Gasteiger partial charge in [-0.3, -0.25) is 9.78 Å². The summed E-state index contributed by atoms with van der Waals surface area (Å²) in [5.74, 6) is 0.201. The van der Waals surface area contributed by atoms with Crippen molar-refractivity contribution in [1.82, 2.24) is 15.0 Å². The summed E-state index contributed by atoms with van der Waals surface area (Å²) in [6.45, 7) is 2.46. The van der Waals surface area contributed by atoms with Crippen molar-refractivity contribution in [3.8, 4) is 22.4 Å². The van der Waals surface area contributed by atoms with Crippen molar-refractivity contribution in [3.63, 3.8) is 0 Å². The van der Waals surface area contributed by atoms with Crippen molar-refractivity contribution in [3.05, 3.63) is 60.6 Å². The van der Waals surface area contributed by atoms with E-state index in [2.05, 4.69) is 37.1 Å². The summed E-state index contributed by atoms with van der Waals surface area (Å²) in [7, 11) is 1.37. The van der Waals surface area contributed by atoms with Gasteiger partial charge in [0.15, 0.2) is 0 Å². The van der Waals surface area contributed by atoms with Gasteiger partial charge in [-0.2, -0.15) is 0 Å². The highest BCUT2D eigenvalue weighted by Crippen LogP contribution is 2.30. The van der Waals surface area contributed by atoms with Gasteiger partial charge in [-0.25, -0.2) is 9.97 Å². The number of esters is 1. The highest BCUT2D eigenvalue weighted by Gasteiger charge is 2.12. The summed E-state index contributed by atoms with van der Waals surface area (Å²) in [6.07, 6.45) is 5.54. The Labute approximate surface area is 152 Å². The molecule has 0 unspecified atom stereocenters. The van der Waals surface area contributed by atoms with Crippen molar-refractivity contribution in [1.29, 1.82) is 0 Å². The molecule has 1 aromatic carbocycles. The fourth-order valence-corrected chi connectivity index (χ4v) is 2.52. The van der Waals surface area contributed by atoms with E-state index in [0.717, 1.165) is 22.4 Å². The molecule has 0 saturated heterocycles. The zero-order chi connectivity index (χ0) is 18.4. The smallest absolute Gasteiger partial charge is 0.307 e. The fraction of sp³-hybridized carbons (Fsp3) is 0.200. The van der Waals surface area contributed by atoms with Gasteiger partial charge in [-0.05, 0) is 24.6 Å². The number of aryl methyl sites for hydroxylation is 1. The van der Waals surface area contributed by atoms with Gasteiger partial charge in [-0.15, -0.1) is 0 Å². The number of methoxy groups -OCH3 is 1. The van der Waals surface area contributed by atoms with Crippen LogP contribution in [0.5, 0.6) is 0 Å². The fourth-order valence-electron chi connectivity index (χ4n) is 2.52. The summed E-state index contributed by atoms with van der Waals surface area (Å²) in [4.78, 5) is 24.4. The molecule has 3 rings (SSSR count). The molecule has 2 heterocycles. The third-order valence-electron chi connectivity index (χ3n) is 3.94. The molecule has 0 amide bonds. The van der Waals surface area contributed by atoms with E-state index in [4.69, 9.17) is 0 Å². The number of hydrogen-bond donors (Lipinski definition) is 1. The molecule has 0 atom stereocenters.